The Labute approximate surface area is 93.4 Å². The normalized spacial score (nSPS) is 10.3. The van der Waals surface area contributed by atoms with Crippen molar-refractivity contribution >= 4 is 17.1 Å². The molecule has 0 saturated carbocycles. The smallest absolute Gasteiger partial charge is 0.159 e. The maximum atomic E-state index is 11.1. The minimum atomic E-state index is 0.114. The molecule has 0 aliphatic carbocycles. The lowest BCUT2D eigenvalue weighted by atomic mass is 10.1. The lowest BCUT2D eigenvalue weighted by Gasteiger charge is -1.99. The highest BCUT2D eigenvalue weighted by molar-refractivity contribution is 7.10. The van der Waals surface area contributed by atoms with Crippen molar-refractivity contribution in [2.75, 3.05) is 0 Å². The lowest BCUT2D eigenvalue weighted by molar-refractivity contribution is 0.101. The van der Waals surface area contributed by atoms with E-state index in [0.717, 1.165) is 5.56 Å². The van der Waals surface area contributed by atoms with E-state index < -0.39 is 0 Å². The second-order valence-corrected chi connectivity index (χ2v) is 4.69. The summed E-state index contributed by atoms with van der Waals surface area (Å²) in [6.45, 7) is 3.68. The molecule has 2 heteroatoms. The molecule has 1 aromatic heterocycles. The van der Waals surface area contributed by atoms with Gasteiger partial charge >= 0.3 is 0 Å². The molecular weight excluding hydrogens is 204 g/mol. The van der Waals surface area contributed by atoms with E-state index in [2.05, 4.69) is 18.4 Å². The molecule has 0 unspecified atom stereocenters. The number of aryl methyl sites for hydroxylation is 1. The SMILES string of the molecule is CC(=O)c1ccc(-c2csc(C)c2)cc1. The van der Waals surface area contributed by atoms with Crippen LogP contribution in [0, 0.1) is 6.92 Å². The van der Waals surface area contributed by atoms with E-state index in [1.807, 2.05) is 24.3 Å². The second kappa shape index (κ2) is 3.99. The molecule has 0 fully saturated rings. The van der Waals surface area contributed by atoms with Crippen LogP contribution in [0.5, 0.6) is 0 Å². The van der Waals surface area contributed by atoms with Gasteiger partial charge < -0.3 is 0 Å². The van der Waals surface area contributed by atoms with E-state index in [-0.39, 0.29) is 5.78 Å². The highest BCUT2D eigenvalue weighted by atomic mass is 32.1. The van der Waals surface area contributed by atoms with Crippen molar-refractivity contribution in [3.05, 3.63) is 46.2 Å². The van der Waals surface area contributed by atoms with Crippen molar-refractivity contribution in [1.82, 2.24) is 0 Å². The highest BCUT2D eigenvalue weighted by Gasteiger charge is 2.02. The fourth-order valence-electron chi connectivity index (χ4n) is 1.49. The van der Waals surface area contributed by atoms with E-state index in [4.69, 9.17) is 0 Å². The summed E-state index contributed by atoms with van der Waals surface area (Å²) >= 11 is 1.74. The fourth-order valence-corrected chi connectivity index (χ4v) is 2.20. The largest absolute Gasteiger partial charge is 0.295 e. The number of thiophene rings is 1. The van der Waals surface area contributed by atoms with E-state index in [0.29, 0.717) is 0 Å². The van der Waals surface area contributed by atoms with Crippen LogP contribution in [-0.2, 0) is 0 Å². The summed E-state index contributed by atoms with van der Waals surface area (Å²) in [5.74, 6) is 0.114. The number of rotatable bonds is 2. The summed E-state index contributed by atoms with van der Waals surface area (Å²) in [6, 6.07) is 9.92. The first-order valence-electron chi connectivity index (χ1n) is 4.83. The molecule has 1 aromatic carbocycles. The van der Waals surface area contributed by atoms with E-state index >= 15 is 0 Å². The number of carbonyl (C=O) groups is 1. The molecular formula is C13H12OS. The van der Waals surface area contributed by atoms with Gasteiger partial charge in [0, 0.05) is 10.4 Å². The van der Waals surface area contributed by atoms with Gasteiger partial charge in [0.25, 0.3) is 0 Å². The number of benzene rings is 1. The first kappa shape index (κ1) is 10.1. The summed E-state index contributed by atoms with van der Waals surface area (Å²) in [7, 11) is 0. The van der Waals surface area contributed by atoms with Crippen molar-refractivity contribution < 1.29 is 4.79 Å². The molecule has 0 N–H and O–H groups in total. The van der Waals surface area contributed by atoms with Gasteiger partial charge in [-0.25, -0.2) is 0 Å². The molecule has 0 spiro atoms. The van der Waals surface area contributed by atoms with Gasteiger partial charge in [-0.1, -0.05) is 24.3 Å². The van der Waals surface area contributed by atoms with E-state index in [9.17, 15) is 4.79 Å². The lowest BCUT2D eigenvalue weighted by Crippen LogP contribution is -1.90. The summed E-state index contributed by atoms with van der Waals surface area (Å²) in [4.78, 5) is 12.4. The van der Waals surface area contributed by atoms with Gasteiger partial charge in [-0.05, 0) is 36.4 Å². The molecule has 0 aliphatic heterocycles. The molecule has 2 rings (SSSR count). The Morgan fingerprint density at radius 3 is 2.27 bits per heavy atom. The molecule has 2 aromatic rings. The summed E-state index contributed by atoms with van der Waals surface area (Å²) in [5, 5.41) is 2.14. The molecule has 1 nitrogen and oxygen atoms in total. The Kier molecular flexibility index (Phi) is 2.69. The standard InChI is InChI=1S/C13H12OS/c1-9-7-13(8-15-9)12-5-3-11(4-6-12)10(2)14/h3-8H,1-2H3. The molecule has 15 heavy (non-hydrogen) atoms. The third-order valence-corrected chi connectivity index (χ3v) is 3.22. The van der Waals surface area contributed by atoms with Crippen LogP contribution in [0.3, 0.4) is 0 Å². The molecule has 0 amide bonds. The number of Topliss-reactive ketones (excluding diaryl/α,β-unsaturated/α-hetero) is 1. The van der Waals surface area contributed by atoms with Gasteiger partial charge in [-0.15, -0.1) is 11.3 Å². The Bertz CT molecular complexity index is 479. The third kappa shape index (κ3) is 2.16. The number of hydrogen-bond donors (Lipinski definition) is 0. The molecule has 0 bridgehead atoms. The van der Waals surface area contributed by atoms with Gasteiger partial charge in [0.1, 0.15) is 0 Å². The maximum absolute atomic E-state index is 11.1. The predicted octanol–water partition coefficient (Wildman–Crippen LogP) is 3.93. The zero-order valence-corrected chi connectivity index (χ0v) is 9.60. The molecule has 0 saturated heterocycles. The summed E-state index contributed by atoms with van der Waals surface area (Å²) < 4.78 is 0. The van der Waals surface area contributed by atoms with Gasteiger partial charge in [0.15, 0.2) is 5.78 Å². The van der Waals surface area contributed by atoms with Gasteiger partial charge in [-0.3, -0.25) is 4.79 Å². The Balaban J connectivity index is 2.35. The zero-order chi connectivity index (χ0) is 10.8. The van der Waals surface area contributed by atoms with Crippen LogP contribution < -0.4 is 0 Å². The minimum Gasteiger partial charge on any atom is -0.295 e. The topological polar surface area (TPSA) is 17.1 Å². The molecule has 0 aliphatic rings. The Hall–Kier alpha value is -1.41. The van der Waals surface area contributed by atoms with Crippen molar-refractivity contribution in [2.24, 2.45) is 0 Å². The van der Waals surface area contributed by atoms with Crippen LogP contribution in [0.4, 0.5) is 0 Å². The van der Waals surface area contributed by atoms with E-state index in [1.165, 1.54) is 16.0 Å². The van der Waals surface area contributed by atoms with Crippen molar-refractivity contribution in [3.63, 3.8) is 0 Å². The second-order valence-electron chi connectivity index (χ2n) is 3.58. The van der Waals surface area contributed by atoms with Crippen molar-refractivity contribution in [3.8, 4) is 11.1 Å². The average Bonchev–Trinajstić information content (AvgIpc) is 2.65. The van der Waals surface area contributed by atoms with Crippen molar-refractivity contribution in [1.29, 1.82) is 0 Å². The summed E-state index contributed by atoms with van der Waals surface area (Å²) in [5.41, 5.74) is 3.17. The van der Waals surface area contributed by atoms with Crippen LogP contribution in [0.1, 0.15) is 22.2 Å². The third-order valence-electron chi connectivity index (χ3n) is 2.36. The maximum Gasteiger partial charge on any atom is 0.159 e. The van der Waals surface area contributed by atoms with E-state index in [1.54, 1.807) is 18.3 Å². The van der Waals surface area contributed by atoms with Gasteiger partial charge in [0.05, 0.1) is 0 Å². The van der Waals surface area contributed by atoms with Gasteiger partial charge in [0.2, 0.25) is 0 Å². The fraction of sp³-hybridized carbons (Fsp3) is 0.154. The Morgan fingerprint density at radius 2 is 1.80 bits per heavy atom. The zero-order valence-electron chi connectivity index (χ0n) is 8.78. The molecule has 0 atom stereocenters. The molecule has 1 heterocycles. The van der Waals surface area contributed by atoms with Crippen LogP contribution >= 0.6 is 11.3 Å². The minimum absolute atomic E-state index is 0.114. The monoisotopic (exact) mass is 216 g/mol. The highest BCUT2D eigenvalue weighted by Crippen LogP contribution is 2.25. The molecule has 0 radical (unpaired) electrons. The number of ketones is 1. The molecule has 76 valence electrons. The van der Waals surface area contributed by atoms with Crippen LogP contribution in [0.2, 0.25) is 0 Å². The van der Waals surface area contributed by atoms with Crippen LogP contribution in [-0.4, -0.2) is 5.78 Å². The first-order chi connectivity index (χ1) is 7.16. The van der Waals surface area contributed by atoms with Crippen LogP contribution in [0.25, 0.3) is 11.1 Å². The Morgan fingerprint density at radius 1 is 1.13 bits per heavy atom. The number of hydrogen-bond acceptors (Lipinski definition) is 2. The van der Waals surface area contributed by atoms with Gasteiger partial charge in [-0.2, -0.15) is 0 Å². The summed E-state index contributed by atoms with van der Waals surface area (Å²) in [6.07, 6.45) is 0. The number of carbonyl (C=O) groups excluding carboxylic acids is 1. The van der Waals surface area contributed by atoms with Crippen LogP contribution in [0.15, 0.2) is 35.7 Å². The first-order valence-corrected chi connectivity index (χ1v) is 5.71. The quantitative estimate of drug-likeness (QED) is 0.695. The van der Waals surface area contributed by atoms with Crippen molar-refractivity contribution in [2.45, 2.75) is 13.8 Å². The average molecular weight is 216 g/mol. The predicted molar refractivity (Wildman–Crippen MR) is 64.5 cm³/mol.